The highest BCUT2D eigenvalue weighted by atomic mass is 32.1. The van der Waals surface area contributed by atoms with Gasteiger partial charge in [-0.1, -0.05) is 12.1 Å². The summed E-state index contributed by atoms with van der Waals surface area (Å²) in [5, 5.41) is 14.3. The first-order valence-corrected chi connectivity index (χ1v) is 13.2. The zero-order valence-electron chi connectivity index (χ0n) is 21.0. The molecule has 0 unspecified atom stereocenters. The molecule has 2 aliphatic rings. The number of aromatic nitrogens is 2. The Morgan fingerprint density at radius 1 is 1.30 bits per heavy atom. The number of amides is 2. The van der Waals surface area contributed by atoms with Crippen LogP contribution in [0.15, 0.2) is 41.5 Å². The number of fused-ring (bicyclic) bond motifs is 1. The van der Waals surface area contributed by atoms with Crippen molar-refractivity contribution in [2.45, 2.75) is 51.6 Å². The molecule has 0 radical (unpaired) electrons. The minimum Gasteiger partial charge on any atom is -0.503 e. The molecule has 5 rings (SSSR count). The molecular weight excluding hydrogens is 495 g/mol. The number of thiazole rings is 1. The highest BCUT2D eigenvalue weighted by Gasteiger charge is 2.49. The largest absolute Gasteiger partial charge is 0.503 e. The predicted molar refractivity (Wildman–Crippen MR) is 138 cm³/mol. The molecule has 1 aromatic carbocycles. The first-order chi connectivity index (χ1) is 17.6. The predicted octanol–water partition coefficient (Wildman–Crippen LogP) is 3.51. The van der Waals surface area contributed by atoms with Gasteiger partial charge in [-0.15, -0.1) is 11.3 Å². The second kappa shape index (κ2) is 9.41. The Kier molecular flexibility index (Phi) is 6.39. The standard InChI is InChI=1S/C27H29FN4O4S/c1-4-29-26(36)27(3)14-31(15(2)17-7-8-17)25(35)21-23(34)22(33)20(13-32(21)27)24-30-12-19(37-24)11-16-5-9-18(28)10-6-16/h5-6,9-10,12-13,15,17,34H,4,7-8,11,14H2,1-3H3,(H,29,36)/t15-,27+/m0/s1. The molecule has 1 saturated carbocycles. The first kappa shape index (κ1) is 25.1. The highest BCUT2D eigenvalue weighted by molar-refractivity contribution is 7.15. The van der Waals surface area contributed by atoms with E-state index >= 15 is 0 Å². The van der Waals surface area contributed by atoms with Crippen molar-refractivity contribution in [1.29, 1.82) is 0 Å². The van der Waals surface area contributed by atoms with Gasteiger partial charge in [-0.3, -0.25) is 14.4 Å². The quantitative estimate of drug-likeness (QED) is 0.492. The summed E-state index contributed by atoms with van der Waals surface area (Å²) in [6, 6.07) is 6.03. The number of nitrogens with one attached hydrogen (secondary N) is 1. The van der Waals surface area contributed by atoms with Crippen molar-refractivity contribution in [1.82, 2.24) is 19.8 Å². The maximum absolute atomic E-state index is 13.5. The molecular formula is C27H29FN4O4S. The van der Waals surface area contributed by atoms with E-state index in [0.717, 1.165) is 23.3 Å². The van der Waals surface area contributed by atoms with Crippen LogP contribution >= 0.6 is 11.3 Å². The summed E-state index contributed by atoms with van der Waals surface area (Å²) >= 11 is 1.27. The van der Waals surface area contributed by atoms with Gasteiger partial charge in [-0.25, -0.2) is 9.37 Å². The molecule has 1 aliphatic heterocycles. The van der Waals surface area contributed by atoms with Crippen LogP contribution in [0.3, 0.4) is 0 Å². The Balaban J connectivity index is 1.59. The third-order valence-electron chi connectivity index (χ3n) is 7.35. The van der Waals surface area contributed by atoms with E-state index in [1.165, 1.54) is 34.2 Å². The molecule has 2 atom stereocenters. The fourth-order valence-corrected chi connectivity index (χ4v) is 5.93. The number of rotatable bonds is 7. The van der Waals surface area contributed by atoms with Crippen LogP contribution in [0.2, 0.25) is 0 Å². The lowest BCUT2D eigenvalue weighted by Gasteiger charge is -2.44. The number of benzene rings is 1. The van der Waals surface area contributed by atoms with E-state index in [0.29, 0.717) is 23.9 Å². The molecule has 2 aromatic heterocycles. The van der Waals surface area contributed by atoms with Crippen molar-refractivity contribution in [2.24, 2.45) is 5.92 Å². The lowest BCUT2D eigenvalue weighted by Crippen LogP contribution is -2.61. The maximum atomic E-state index is 13.5. The summed E-state index contributed by atoms with van der Waals surface area (Å²) in [5.74, 6) is -1.42. The average Bonchev–Trinajstić information content (AvgIpc) is 3.63. The topological polar surface area (TPSA) is 105 Å². The second-order valence-corrected chi connectivity index (χ2v) is 11.1. The molecule has 2 amide bonds. The molecule has 8 nitrogen and oxygen atoms in total. The Bertz CT molecular complexity index is 1430. The molecule has 3 aromatic rings. The van der Waals surface area contributed by atoms with Gasteiger partial charge in [0.15, 0.2) is 11.4 Å². The normalized spacial score (nSPS) is 20.0. The molecule has 37 heavy (non-hydrogen) atoms. The number of hydrogen-bond acceptors (Lipinski definition) is 6. The number of carbonyl (C=O) groups is 2. The Labute approximate surface area is 217 Å². The van der Waals surface area contributed by atoms with E-state index in [2.05, 4.69) is 10.3 Å². The third kappa shape index (κ3) is 4.43. The van der Waals surface area contributed by atoms with Crippen molar-refractivity contribution in [3.63, 3.8) is 0 Å². The third-order valence-corrected chi connectivity index (χ3v) is 8.39. The smallest absolute Gasteiger partial charge is 0.274 e. The highest BCUT2D eigenvalue weighted by Crippen LogP contribution is 2.40. The summed E-state index contributed by atoms with van der Waals surface area (Å²) < 4.78 is 14.7. The molecule has 3 heterocycles. The number of likely N-dealkylation sites (N-methyl/N-ethyl adjacent to an activating group) is 1. The van der Waals surface area contributed by atoms with Gasteiger partial charge in [0.25, 0.3) is 5.91 Å². The van der Waals surface area contributed by atoms with Crippen LogP contribution in [-0.2, 0) is 16.8 Å². The molecule has 0 bridgehead atoms. The number of halogens is 1. The first-order valence-electron chi connectivity index (χ1n) is 12.4. The van der Waals surface area contributed by atoms with Crippen LogP contribution in [-0.4, -0.2) is 50.5 Å². The summed E-state index contributed by atoms with van der Waals surface area (Å²) in [6.45, 7) is 6.00. The van der Waals surface area contributed by atoms with E-state index in [1.807, 2.05) is 13.8 Å². The van der Waals surface area contributed by atoms with E-state index in [-0.39, 0.29) is 35.6 Å². The fraction of sp³-hybridized carbons (Fsp3) is 0.407. The van der Waals surface area contributed by atoms with E-state index in [9.17, 15) is 23.9 Å². The van der Waals surface area contributed by atoms with Gasteiger partial charge < -0.3 is 19.9 Å². The van der Waals surface area contributed by atoms with Crippen LogP contribution in [0.1, 0.15) is 54.5 Å². The summed E-state index contributed by atoms with van der Waals surface area (Å²) in [7, 11) is 0. The van der Waals surface area contributed by atoms with Crippen LogP contribution in [0.25, 0.3) is 10.6 Å². The van der Waals surface area contributed by atoms with Crippen LogP contribution in [0, 0.1) is 11.7 Å². The van der Waals surface area contributed by atoms with Crippen LogP contribution in [0.5, 0.6) is 5.75 Å². The number of hydrogen-bond donors (Lipinski definition) is 2. The molecule has 0 spiro atoms. The van der Waals surface area contributed by atoms with Gasteiger partial charge in [-0.05, 0) is 57.2 Å². The average molecular weight is 525 g/mol. The SMILES string of the molecule is CCNC(=O)[C@@]1(C)CN([C@@H](C)C2CC2)C(=O)c2c(O)c(=O)c(-c3ncc(Cc4ccc(F)cc4)s3)cn21. The Morgan fingerprint density at radius 2 is 2.00 bits per heavy atom. The van der Waals surface area contributed by atoms with Gasteiger partial charge >= 0.3 is 0 Å². The van der Waals surface area contributed by atoms with Crippen molar-refractivity contribution in [3.8, 4) is 16.3 Å². The van der Waals surface area contributed by atoms with Gasteiger partial charge in [0.05, 0.1) is 12.1 Å². The molecule has 1 fully saturated rings. The zero-order valence-corrected chi connectivity index (χ0v) is 21.8. The number of nitrogens with zero attached hydrogens (tertiary/aromatic N) is 3. The van der Waals surface area contributed by atoms with Crippen molar-refractivity contribution >= 4 is 23.2 Å². The van der Waals surface area contributed by atoms with Crippen LogP contribution in [0.4, 0.5) is 4.39 Å². The van der Waals surface area contributed by atoms with E-state index in [1.54, 1.807) is 30.2 Å². The van der Waals surface area contributed by atoms with E-state index in [4.69, 9.17) is 0 Å². The number of carbonyl (C=O) groups excluding carboxylic acids is 2. The Morgan fingerprint density at radius 3 is 2.65 bits per heavy atom. The molecule has 0 saturated heterocycles. The lowest BCUT2D eigenvalue weighted by atomic mass is 9.92. The van der Waals surface area contributed by atoms with Crippen molar-refractivity contribution < 1.29 is 19.1 Å². The number of aromatic hydroxyl groups is 1. The molecule has 194 valence electrons. The maximum Gasteiger partial charge on any atom is 0.274 e. The van der Waals surface area contributed by atoms with Crippen LogP contribution < -0.4 is 10.7 Å². The van der Waals surface area contributed by atoms with Crippen molar-refractivity contribution in [2.75, 3.05) is 13.1 Å². The monoisotopic (exact) mass is 524 g/mol. The summed E-state index contributed by atoms with van der Waals surface area (Å²) in [6.07, 6.45) is 5.62. The lowest BCUT2D eigenvalue weighted by molar-refractivity contribution is -0.130. The Hall–Kier alpha value is -3.53. The summed E-state index contributed by atoms with van der Waals surface area (Å²) in [4.78, 5) is 47.1. The second-order valence-electron chi connectivity index (χ2n) is 10.0. The van der Waals surface area contributed by atoms with Crippen molar-refractivity contribution in [3.05, 3.63) is 68.8 Å². The van der Waals surface area contributed by atoms with E-state index < -0.39 is 22.6 Å². The minimum absolute atomic E-state index is 0.114. The van der Waals surface area contributed by atoms with Gasteiger partial charge in [-0.2, -0.15) is 0 Å². The zero-order chi connectivity index (χ0) is 26.5. The van der Waals surface area contributed by atoms with Gasteiger partial charge in [0.1, 0.15) is 16.4 Å². The van der Waals surface area contributed by atoms with Gasteiger partial charge in [0.2, 0.25) is 11.3 Å². The molecule has 10 heteroatoms. The summed E-state index contributed by atoms with van der Waals surface area (Å²) in [5.41, 5.74) is -1.12. The molecule has 2 N–H and O–H groups in total. The minimum atomic E-state index is -1.24. The fourth-order valence-electron chi connectivity index (χ4n) is 4.97. The number of pyridine rings is 1. The van der Waals surface area contributed by atoms with Gasteiger partial charge in [0, 0.05) is 36.3 Å². The molecule has 1 aliphatic carbocycles.